The predicted octanol–water partition coefficient (Wildman–Crippen LogP) is 4.10. The molecule has 0 heterocycles. The molecule has 0 fully saturated rings. The second kappa shape index (κ2) is 5.92. The monoisotopic (exact) mass is 294 g/mol. The van der Waals surface area contributed by atoms with E-state index in [1.807, 2.05) is 30.3 Å². The Kier molecular flexibility index (Phi) is 4.26. The largest absolute Gasteiger partial charge is 0.507 e. The Morgan fingerprint density at radius 2 is 1.76 bits per heavy atom. The van der Waals surface area contributed by atoms with Crippen molar-refractivity contribution in [3.63, 3.8) is 0 Å². The van der Waals surface area contributed by atoms with Crippen molar-refractivity contribution in [1.29, 1.82) is 0 Å². The van der Waals surface area contributed by atoms with Crippen molar-refractivity contribution >= 4 is 26.7 Å². The van der Waals surface area contributed by atoms with Crippen LogP contribution in [-0.4, -0.2) is 17.0 Å². The van der Waals surface area contributed by atoms with Gasteiger partial charge in [-0.05, 0) is 25.0 Å². The average molecular weight is 295 g/mol. The molecular weight excluding hydrogens is 280 g/mol. The summed E-state index contributed by atoms with van der Waals surface area (Å²) in [6, 6.07) is 11.2. The Morgan fingerprint density at radius 3 is 2.59 bits per heavy atom. The maximum absolute atomic E-state index is 9.74. The van der Waals surface area contributed by atoms with Crippen LogP contribution in [0.15, 0.2) is 36.4 Å². The van der Waals surface area contributed by atoms with E-state index in [2.05, 4.69) is 15.9 Å². The fourth-order valence-corrected chi connectivity index (χ4v) is 2.17. The SMILES string of the molecule is Oc1cccc2c(OCCCCBr)cccc12. The highest BCUT2D eigenvalue weighted by atomic mass is 79.9. The number of hydrogen-bond acceptors (Lipinski definition) is 2. The molecular formula is C14H15BrO2. The van der Waals surface area contributed by atoms with E-state index in [4.69, 9.17) is 4.74 Å². The Labute approximate surface area is 109 Å². The van der Waals surface area contributed by atoms with Crippen LogP contribution in [0, 0.1) is 0 Å². The van der Waals surface area contributed by atoms with Crippen molar-refractivity contribution in [2.45, 2.75) is 12.8 Å². The number of benzene rings is 2. The number of halogens is 1. The first-order valence-electron chi connectivity index (χ1n) is 5.72. The normalized spacial score (nSPS) is 10.6. The zero-order valence-electron chi connectivity index (χ0n) is 9.53. The van der Waals surface area contributed by atoms with E-state index in [0.29, 0.717) is 12.4 Å². The van der Waals surface area contributed by atoms with E-state index < -0.39 is 0 Å². The third-order valence-electron chi connectivity index (χ3n) is 2.64. The van der Waals surface area contributed by atoms with Crippen molar-refractivity contribution in [3.05, 3.63) is 36.4 Å². The van der Waals surface area contributed by atoms with Crippen LogP contribution >= 0.6 is 15.9 Å². The van der Waals surface area contributed by atoms with Gasteiger partial charge >= 0.3 is 0 Å². The lowest BCUT2D eigenvalue weighted by Crippen LogP contribution is -1.98. The molecule has 2 rings (SSSR count). The Hall–Kier alpha value is -1.22. The smallest absolute Gasteiger partial charge is 0.127 e. The van der Waals surface area contributed by atoms with Gasteiger partial charge in [0.25, 0.3) is 0 Å². The third kappa shape index (κ3) is 2.91. The number of unbranched alkanes of at least 4 members (excludes halogenated alkanes) is 1. The minimum atomic E-state index is 0.299. The zero-order chi connectivity index (χ0) is 12.1. The third-order valence-corrected chi connectivity index (χ3v) is 3.21. The molecule has 1 N–H and O–H groups in total. The number of ether oxygens (including phenoxy) is 1. The van der Waals surface area contributed by atoms with Gasteiger partial charge in [-0.2, -0.15) is 0 Å². The van der Waals surface area contributed by atoms with Gasteiger partial charge in [-0.3, -0.25) is 0 Å². The summed E-state index contributed by atoms with van der Waals surface area (Å²) in [5.74, 6) is 1.14. The summed E-state index contributed by atoms with van der Waals surface area (Å²) in [5, 5.41) is 12.6. The van der Waals surface area contributed by atoms with Gasteiger partial charge in [0.15, 0.2) is 0 Å². The molecule has 0 radical (unpaired) electrons. The van der Waals surface area contributed by atoms with E-state index >= 15 is 0 Å². The molecule has 0 aliphatic rings. The van der Waals surface area contributed by atoms with Gasteiger partial charge < -0.3 is 9.84 Å². The quantitative estimate of drug-likeness (QED) is 0.664. The van der Waals surface area contributed by atoms with Crippen molar-refractivity contribution in [3.8, 4) is 11.5 Å². The molecule has 0 aliphatic carbocycles. The van der Waals surface area contributed by atoms with Crippen LogP contribution in [-0.2, 0) is 0 Å². The second-order valence-corrected chi connectivity index (χ2v) is 4.67. The number of aromatic hydroxyl groups is 1. The topological polar surface area (TPSA) is 29.5 Å². The number of rotatable bonds is 5. The standard InChI is InChI=1S/C14H15BrO2/c15-9-1-2-10-17-14-8-4-5-11-12(14)6-3-7-13(11)16/h3-8,16H,1-2,9-10H2. The van der Waals surface area contributed by atoms with E-state index in [1.165, 1.54) is 0 Å². The van der Waals surface area contributed by atoms with Gasteiger partial charge in [0.05, 0.1) is 6.61 Å². The van der Waals surface area contributed by atoms with E-state index in [1.54, 1.807) is 6.07 Å². The summed E-state index contributed by atoms with van der Waals surface area (Å²) in [7, 11) is 0. The maximum Gasteiger partial charge on any atom is 0.127 e. The highest BCUT2D eigenvalue weighted by Crippen LogP contribution is 2.31. The summed E-state index contributed by atoms with van der Waals surface area (Å²) < 4.78 is 5.74. The highest BCUT2D eigenvalue weighted by Gasteiger charge is 2.04. The lowest BCUT2D eigenvalue weighted by atomic mass is 10.1. The molecule has 0 spiro atoms. The highest BCUT2D eigenvalue weighted by molar-refractivity contribution is 9.09. The van der Waals surface area contributed by atoms with Gasteiger partial charge in [0, 0.05) is 16.1 Å². The van der Waals surface area contributed by atoms with Crippen LogP contribution < -0.4 is 4.74 Å². The van der Waals surface area contributed by atoms with Crippen LogP contribution in [0.4, 0.5) is 0 Å². The van der Waals surface area contributed by atoms with Gasteiger partial charge in [-0.15, -0.1) is 0 Å². The minimum Gasteiger partial charge on any atom is -0.507 e. The number of phenolic OH excluding ortho intramolecular Hbond substituents is 1. The number of phenols is 1. The molecule has 0 saturated heterocycles. The van der Waals surface area contributed by atoms with E-state index in [0.717, 1.165) is 34.7 Å². The van der Waals surface area contributed by atoms with E-state index in [-0.39, 0.29) is 0 Å². The Bertz CT molecular complexity index is 497. The molecule has 0 atom stereocenters. The first-order valence-corrected chi connectivity index (χ1v) is 6.84. The van der Waals surface area contributed by atoms with E-state index in [9.17, 15) is 5.11 Å². The molecule has 2 nitrogen and oxygen atoms in total. The Balaban J connectivity index is 2.19. The number of hydrogen-bond donors (Lipinski definition) is 1. The lowest BCUT2D eigenvalue weighted by Gasteiger charge is -2.09. The second-order valence-electron chi connectivity index (χ2n) is 3.87. The van der Waals surface area contributed by atoms with Crippen molar-refractivity contribution in [2.24, 2.45) is 0 Å². The molecule has 0 bridgehead atoms. The average Bonchev–Trinajstić information content (AvgIpc) is 2.36. The minimum absolute atomic E-state index is 0.299. The summed E-state index contributed by atoms with van der Waals surface area (Å²) >= 11 is 3.40. The molecule has 0 aliphatic heterocycles. The van der Waals surface area contributed by atoms with Crippen molar-refractivity contribution < 1.29 is 9.84 Å². The summed E-state index contributed by atoms with van der Waals surface area (Å²) in [5.41, 5.74) is 0. The molecule has 90 valence electrons. The summed E-state index contributed by atoms with van der Waals surface area (Å²) in [6.45, 7) is 0.709. The Morgan fingerprint density at radius 1 is 1.00 bits per heavy atom. The first-order chi connectivity index (χ1) is 8.33. The van der Waals surface area contributed by atoms with Gasteiger partial charge in [-0.1, -0.05) is 40.2 Å². The fourth-order valence-electron chi connectivity index (χ4n) is 1.77. The van der Waals surface area contributed by atoms with Crippen LogP contribution in [0.1, 0.15) is 12.8 Å². The number of alkyl halides is 1. The van der Waals surface area contributed by atoms with Crippen LogP contribution in [0.2, 0.25) is 0 Å². The van der Waals surface area contributed by atoms with Crippen LogP contribution in [0.5, 0.6) is 11.5 Å². The molecule has 3 heteroatoms. The fraction of sp³-hybridized carbons (Fsp3) is 0.286. The molecule has 0 saturated carbocycles. The molecule has 0 unspecified atom stereocenters. The first kappa shape index (κ1) is 12.2. The molecule has 0 aromatic heterocycles. The maximum atomic E-state index is 9.74. The van der Waals surface area contributed by atoms with Crippen LogP contribution in [0.3, 0.4) is 0 Å². The molecule has 0 amide bonds. The lowest BCUT2D eigenvalue weighted by molar-refractivity contribution is 0.313. The van der Waals surface area contributed by atoms with Gasteiger partial charge in [-0.25, -0.2) is 0 Å². The van der Waals surface area contributed by atoms with Gasteiger partial charge in [0.1, 0.15) is 11.5 Å². The van der Waals surface area contributed by atoms with Crippen LogP contribution in [0.25, 0.3) is 10.8 Å². The van der Waals surface area contributed by atoms with Crippen molar-refractivity contribution in [1.82, 2.24) is 0 Å². The zero-order valence-corrected chi connectivity index (χ0v) is 11.1. The molecule has 2 aromatic carbocycles. The summed E-state index contributed by atoms with van der Waals surface area (Å²) in [6.07, 6.45) is 2.14. The predicted molar refractivity (Wildman–Crippen MR) is 74.1 cm³/mol. The molecule has 2 aromatic rings. The molecule has 17 heavy (non-hydrogen) atoms. The van der Waals surface area contributed by atoms with Gasteiger partial charge in [0.2, 0.25) is 0 Å². The number of fused-ring (bicyclic) bond motifs is 1. The summed E-state index contributed by atoms with van der Waals surface area (Å²) in [4.78, 5) is 0. The van der Waals surface area contributed by atoms with Crippen molar-refractivity contribution in [2.75, 3.05) is 11.9 Å².